The Hall–Kier alpha value is -1.35. The van der Waals surface area contributed by atoms with Crippen molar-refractivity contribution in [1.82, 2.24) is 9.80 Å². The van der Waals surface area contributed by atoms with E-state index in [1.54, 1.807) is 0 Å². The largest absolute Gasteiger partial charge is 0.336 e. The van der Waals surface area contributed by atoms with E-state index >= 15 is 0 Å². The Kier molecular flexibility index (Phi) is 4.53. The van der Waals surface area contributed by atoms with Crippen molar-refractivity contribution in [2.24, 2.45) is 0 Å². The second kappa shape index (κ2) is 6.41. The maximum atomic E-state index is 12.8. The van der Waals surface area contributed by atoms with Crippen molar-refractivity contribution in [1.29, 1.82) is 0 Å². The van der Waals surface area contributed by atoms with Gasteiger partial charge >= 0.3 is 0 Å². The van der Waals surface area contributed by atoms with Crippen LogP contribution < -0.4 is 0 Å². The Balaban J connectivity index is 1.67. The molecule has 1 amide bonds. The summed E-state index contributed by atoms with van der Waals surface area (Å²) in [4.78, 5) is 17.2. The van der Waals surface area contributed by atoms with Crippen molar-refractivity contribution in [3.63, 3.8) is 0 Å². The first-order valence-electron chi connectivity index (χ1n) is 8.67. The fourth-order valence-electron chi connectivity index (χ4n) is 4.31. The number of aryl methyl sites for hydroxylation is 1. The van der Waals surface area contributed by atoms with E-state index in [1.165, 1.54) is 17.5 Å². The summed E-state index contributed by atoms with van der Waals surface area (Å²) in [5.74, 6) is 0.298. The molecule has 0 spiro atoms. The predicted molar refractivity (Wildman–Crippen MR) is 89.8 cm³/mol. The first-order chi connectivity index (χ1) is 10.6. The van der Waals surface area contributed by atoms with E-state index in [2.05, 4.69) is 55.0 Å². The van der Waals surface area contributed by atoms with E-state index in [9.17, 15) is 4.79 Å². The van der Waals surface area contributed by atoms with E-state index in [0.29, 0.717) is 30.6 Å². The van der Waals surface area contributed by atoms with Crippen LogP contribution in [0.25, 0.3) is 0 Å². The van der Waals surface area contributed by atoms with Crippen LogP contribution in [0.15, 0.2) is 24.3 Å². The molecule has 1 aromatic rings. The van der Waals surface area contributed by atoms with E-state index in [4.69, 9.17) is 0 Å². The molecule has 1 saturated heterocycles. The highest BCUT2D eigenvalue weighted by Gasteiger charge is 2.32. The number of hydrogen-bond acceptors (Lipinski definition) is 2. The van der Waals surface area contributed by atoms with Gasteiger partial charge in [-0.05, 0) is 64.1 Å². The van der Waals surface area contributed by atoms with E-state index in [-0.39, 0.29) is 0 Å². The van der Waals surface area contributed by atoms with Gasteiger partial charge in [0.2, 0.25) is 5.91 Å². The van der Waals surface area contributed by atoms with Gasteiger partial charge in [-0.2, -0.15) is 0 Å². The molecule has 1 aliphatic heterocycles. The lowest BCUT2D eigenvalue weighted by molar-refractivity contribution is -0.138. The highest BCUT2D eigenvalue weighted by molar-refractivity contribution is 5.79. The molecule has 1 heterocycles. The van der Waals surface area contributed by atoms with Crippen molar-refractivity contribution in [3.05, 3.63) is 35.4 Å². The first kappa shape index (κ1) is 15.5. The standard InChI is InChI=1S/C19H28N2O/c1-14-7-6-8-15(2)21(14)19(22)13-20(3)18-12-11-16-9-4-5-10-17(16)18/h4-5,9-10,14-15,18H,6-8,11-13H2,1-3H3/t14-,15-,18+/m1/s1. The number of likely N-dealkylation sites (N-methyl/N-ethyl adjacent to an activating group) is 1. The highest BCUT2D eigenvalue weighted by Crippen LogP contribution is 2.35. The van der Waals surface area contributed by atoms with Crippen LogP contribution in [0, 0.1) is 0 Å². The summed E-state index contributed by atoms with van der Waals surface area (Å²) < 4.78 is 0. The van der Waals surface area contributed by atoms with Crippen molar-refractivity contribution < 1.29 is 4.79 Å². The minimum absolute atomic E-state index is 0.298. The van der Waals surface area contributed by atoms with Gasteiger partial charge in [0.05, 0.1) is 6.54 Å². The summed E-state index contributed by atoms with van der Waals surface area (Å²) in [7, 11) is 2.10. The van der Waals surface area contributed by atoms with Crippen LogP contribution in [0.1, 0.15) is 56.7 Å². The monoisotopic (exact) mass is 300 g/mol. The third-order valence-corrected chi connectivity index (χ3v) is 5.50. The van der Waals surface area contributed by atoms with Gasteiger partial charge in [-0.25, -0.2) is 0 Å². The quantitative estimate of drug-likeness (QED) is 0.854. The Bertz CT molecular complexity index is 532. The number of piperidine rings is 1. The molecule has 3 heteroatoms. The zero-order chi connectivity index (χ0) is 15.7. The van der Waals surface area contributed by atoms with Gasteiger partial charge in [-0.3, -0.25) is 9.69 Å². The molecule has 0 aromatic heterocycles. The molecule has 3 rings (SSSR count). The molecule has 2 aliphatic rings. The van der Waals surface area contributed by atoms with Gasteiger partial charge in [0.15, 0.2) is 0 Å². The van der Waals surface area contributed by atoms with E-state index in [0.717, 1.165) is 25.7 Å². The Morgan fingerprint density at radius 3 is 2.59 bits per heavy atom. The molecule has 0 unspecified atom stereocenters. The number of amides is 1. The lowest BCUT2D eigenvalue weighted by Crippen LogP contribution is -2.50. The number of carbonyl (C=O) groups is 1. The summed E-state index contributed by atoms with van der Waals surface area (Å²) in [6.07, 6.45) is 5.81. The SMILES string of the molecule is C[C@@H]1CCC[C@@H](C)N1C(=O)CN(C)[C@H]1CCc2ccccc21. The van der Waals surface area contributed by atoms with Crippen LogP contribution in [0.4, 0.5) is 0 Å². The molecule has 0 saturated carbocycles. The molecule has 0 radical (unpaired) electrons. The van der Waals surface area contributed by atoms with Crippen molar-refractivity contribution in [3.8, 4) is 0 Å². The molecule has 1 aromatic carbocycles. The number of fused-ring (bicyclic) bond motifs is 1. The molecular weight excluding hydrogens is 272 g/mol. The number of rotatable bonds is 3. The molecule has 1 aliphatic carbocycles. The molecule has 0 bridgehead atoms. The summed E-state index contributed by atoms with van der Waals surface area (Å²) in [6, 6.07) is 9.85. The molecule has 120 valence electrons. The van der Waals surface area contributed by atoms with Crippen molar-refractivity contribution >= 4 is 5.91 Å². The Morgan fingerprint density at radius 1 is 1.18 bits per heavy atom. The Morgan fingerprint density at radius 2 is 1.86 bits per heavy atom. The number of carbonyl (C=O) groups excluding carboxylic acids is 1. The summed E-state index contributed by atoms with van der Waals surface area (Å²) in [6.45, 7) is 4.92. The van der Waals surface area contributed by atoms with Crippen LogP contribution in [-0.4, -0.2) is 41.4 Å². The smallest absolute Gasteiger partial charge is 0.237 e. The third-order valence-electron chi connectivity index (χ3n) is 5.50. The fraction of sp³-hybridized carbons (Fsp3) is 0.632. The maximum Gasteiger partial charge on any atom is 0.237 e. The zero-order valence-electron chi connectivity index (χ0n) is 14.1. The minimum atomic E-state index is 0.298. The Labute approximate surface area is 134 Å². The fourth-order valence-corrected chi connectivity index (χ4v) is 4.31. The van der Waals surface area contributed by atoms with Gasteiger partial charge in [0.1, 0.15) is 0 Å². The minimum Gasteiger partial charge on any atom is -0.336 e. The van der Waals surface area contributed by atoms with Gasteiger partial charge in [0.25, 0.3) is 0 Å². The average Bonchev–Trinajstić information content (AvgIpc) is 2.91. The number of nitrogens with zero attached hydrogens (tertiary/aromatic N) is 2. The van der Waals surface area contributed by atoms with Gasteiger partial charge in [-0.15, -0.1) is 0 Å². The normalized spacial score (nSPS) is 28.0. The topological polar surface area (TPSA) is 23.6 Å². The van der Waals surface area contributed by atoms with E-state index < -0.39 is 0 Å². The number of benzene rings is 1. The summed E-state index contributed by atoms with van der Waals surface area (Å²) >= 11 is 0. The average molecular weight is 300 g/mol. The molecule has 1 fully saturated rings. The first-order valence-corrected chi connectivity index (χ1v) is 8.67. The summed E-state index contributed by atoms with van der Waals surface area (Å²) in [5, 5.41) is 0. The second-order valence-corrected chi connectivity index (χ2v) is 7.10. The van der Waals surface area contributed by atoms with Gasteiger partial charge in [0, 0.05) is 18.1 Å². The van der Waals surface area contributed by atoms with Gasteiger partial charge in [-0.1, -0.05) is 24.3 Å². The van der Waals surface area contributed by atoms with Crippen molar-refractivity contribution in [2.45, 2.75) is 64.1 Å². The lowest BCUT2D eigenvalue weighted by atomic mass is 9.97. The molecule has 3 atom stereocenters. The van der Waals surface area contributed by atoms with Crippen LogP contribution in [-0.2, 0) is 11.2 Å². The van der Waals surface area contributed by atoms with Gasteiger partial charge < -0.3 is 4.90 Å². The van der Waals surface area contributed by atoms with Crippen LogP contribution in [0.5, 0.6) is 0 Å². The molecule has 3 nitrogen and oxygen atoms in total. The molecule has 0 N–H and O–H groups in total. The van der Waals surface area contributed by atoms with E-state index in [1.807, 2.05) is 0 Å². The van der Waals surface area contributed by atoms with Crippen molar-refractivity contribution in [2.75, 3.05) is 13.6 Å². The van der Waals surface area contributed by atoms with Crippen LogP contribution in [0.3, 0.4) is 0 Å². The highest BCUT2D eigenvalue weighted by atomic mass is 16.2. The molecular formula is C19H28N2O. The third kappa shape index (κ3) is 2.91. The predicted octanol–water partition coefficient (Wildman–Crippen LogP) is 3.40. The number of hydrogen-bond donors (Lipinski definition) is 0. The maximum absolute atomic E-state index is 12.8. The zero-order valence-corrected chi connectivity index (χ0v) is 14.1. The van der Waals surface area contributed by atoms with Crippen LogP contribution in [0.2, 0.25) is 0 Å². The summed E-state index contributed by atoms with van der Waals surface area (Å²) in [5.41, 5.74) is 2.86. The van der Waals surface area contributed by atoms with Crippen LogP contribution >= 0.6 is 0 Å². The second-order valence-electron chi connectivity index (χ2n) is 7.10. The molecule has 22 heavy (non-hydrogen) atoms. The lowest BCUT2D eigenvalue weighted by Gasteiger charge is -2.40. The number of likely N-dealkylation sites (tertiary alicyclic amines) is 1.